The van der Waals surface area contributed by atoms with Gasteiger partial charge in [-0.3, -0.25) is 0 Å². The molecule has 6 heteroatoms. The summed E-state index contributed by atoms with van der Waals surface area (Å²) in [6.45, 7) is 1.78. The van der Waals surface area contributed by atoms with Crippen molar-refractivity contribution in [2.24, 2.45) is 0 Å². The van der Waals surface area contributed by atoms with Crippen LogP contribution in [0.25, 0.3) is 0 Å². The molecule has 0 N–H and O–H groups in total. The van der Waals surface area contributed by atoms with Gasteiger partial charge in [-0.05, 0) is 11.6 Å². The minimum absolute atomic E-state index is 0.160. The van der Waals surface area contributed by atoms with Crippen LogP contribution in [0, 0.1) is 0 Å². The number of nitrogens with zero attached hydrogens (tertiary/aromatic N) is 4. The first kappa shape index (κ1) is 7.63. The van der Waals surface area contributed by atoms with Gasteiger partial charge < -0.3 is 9.47 Å². The molecule has 1 aromatic heterocycles. The Balaban J connectivity index is 1.86. The van der Waals surface area contributed by atoms with Gasteiger partial charge >= 0.3 is 0 Å². The molecule has 0 radical (unpaired) electrons. The molecule has 0 aliphatic carbocycles. The molecule has 6 nitrogen and oxygen atoms in total. The van der Waals surface area contributed by atoms with Gasteiger partial charge in [-0.15, -0.1) is 10.2 Å². The second-order valence-corrected chi connectivity index (χ2v) is 2.59. The molecule has 66 valence electrons. The Morgan fingerprint density at radius 2 is 2.58 bits per heavy atom. The van der Waals surface area contributed by atoms with Crippen LogP contribution in [0.3, 0.4) is 0 Å². The number of aromatic nitrogens is 4. The standard InChI is InChI=1S/C6H10N4O2/c1-2-11-5-12-6(1)3-10-8-4-7-9-10/h4,6H,1-3,5H2. The quantitative estimate of drug-likeness (QED) is 0.595. The van der Waals surface area contributed by atoms with Crippen LogP contribution in [0.15, 0.2) is 6.33 Å². The van der Waals surface area contributed by atoms with Crippen LogP contribution in [0.4, 0.5) is 0 Å². The molecule has 1 aliphatic heterocycles. The maximum atomic E-state index is 5.30. The summed E-state index contributed by atoms with van der Waals surface area (Å²) < 4.78 is 10.3. The highest BCUT2D eigenvalue weighted by molar-refractivity contribution is 4.58. The molecule has 1 atom stereocenters. The van der Waals surface area contributed by atoms with Crippen molar-refractivity contribution in [1.29, 1.82) is 0 Å². The van der Waals surface area contributed by atoms with Gasteiger partial charge in [0.15, 0.2) is 6.33 Å². The van der Waals surface area contributed by atoms with E-state index in [0.29, 0.717) is 13.3 Å². The van der Waals surface area contributed by atoms with E-state index in [1.54, 1.807) is 0 Å². The Morgan fingerprint density at radius 1 is 1.58 bits per heavy atom. The number of ether oxygens (including phenoxy) is 2. The Labute approximate surface area is 69.5 Å². The van der Waals surface area contributed by atoms with Gasteiger partial charge in [0.2, 0.25) is 0 Å². The summed E-state index contributed by atoms with van der Waals surface area (Å²) in [5.74, 6) is 0. The minimum Gasteiger partial charge on any atom is -0.355 e. The number of hydrogen-bond donors (Lipinski definition) is 0. The molecule has 0 bridgehead atoms. The second-order valence-electron chi connectivity index (χ2n) is 2.59. The molecule has 1 saturated heterocycles. The first-order chi connectivity index (χ1) is 5.95. The lowest BCUT2D eigenvalue weighted by Gasteiger charge is -2.21. The third-order valence-electron chi connectivity index (χ3n) is 1.73. The third-order valence-corrected chi connectivity index (χ3v) is 1.73. The minimum atomic E-state index is 0.160. The molecule has 1 fully saturated rings. The van der Waals surface area contributed by atoms with Crippen LogP contribution in [0.5, 0.6) is 0 Å². The lowest BCUT2D eigenvalue weighted by molar-refractivity contribution is -0.144. The molecule has 0 spiro atoms. The van der Waals surface area contributed by atoms with Crippen molar-refractivity contribution < 1.29 is 9.47 Å². The number of tetrazole rings is 1. The molecule has 0 aromatic carbocycles. The SMILES string of the molecule is c1nnn(CC2CCOCO2)n1. The van der Waals surface area contributed by atoms with E-state index in [1.165, 1.54) is 11.1 Å². The van der Waals surface area contributed by atoms with Gasteiger partial charge in [-0.25, -0.2) is 0 Å². The van der Waals surface area contributed by atoms with Gasteiger partial charge in [0.25, 0.3) is 0 Å². The van der Waals surface area contributed by atoms with Crippen LogP contribution in [-0.2, 0) is 16.0 Å². The van der Waals surface area contributed by atoms with E-state index in [0.717, 1.165) is 13.0 Å². The van der Waals surface area contributed by atoms with Gasteiger partial charge in [-0.1, -0.05) is 0 Å². The van der Waals surface area contributed by atoms with Crippen LogP contribution in [0.2, 0.25) is 0 Å². The summed E-state index contributed by atoms with van der Waals surface area (Å²) in [5, 5.41) is 11.2. The molecular formula is C6H10N4O2. The highest BCUT2D eigenvalue weighted by atomic mass is 16.7. The van der Waals surface area contributed by atoms with Crippen molar-refractivity contribution in [2.75, 3.05) is 13.4 Å². The number of hydrogen-bond acceptors (Lipinski definition) is 5. The maximum Gasteiger partial charge on any atom is 0.162 e. The fourth-order valence-corrected chi connectivity index (χ4v) is 1.10. The largest absolute Gasteiger partial charge is 0.355 e. The average Bonchev–Trinajstić information content (AvgIpc) is 2.59. The fraction of sp³-hybridized carbons (Fsp3) is 0.833. The molecular weight excluding hydrogens is 160 g/mol. The molecule has 12 heavy (non-hydrogen) atoms. The van der Waals surface area contributed by atoms with Crippen LogP contribution < -0.4 is 0 Å². The predicted molar refractivity (Wildman–Crippen MR) is 38.1 cm³/mol. The van der Waals surface area contributed by atoms with Gasteiger partial charge in [0.05, 0.1) is 19.3 Å². The van der Waals surface area contributed by atoms with Gasteiger partial charge in [0.1, 0.15) is 6.79 Å². The zero-order valence-electron chi connectivity index (χ0n) is 6.59. The van der Waals surface area contributed by atoms with E-state index in [9.17, 15) is 0 Å². The van der Waals surface area contributed by atoms with Crippen molar-refractivity contribution in [2.45, 2.75) is 19.1 Å². The maximum absolute atomic E-state index is 5.30. The Bertz CT molecular complexity index is 219. The van der Waals surface area contributed by atoms with E-state index < -0.39 is 0 Å². The highest BCUT2D eigenvalue weighted by Crippen LogP contribution is 2.06. The molecule has 0 saturated carbocycles. The second kappa shape index (κ2) is 3.59. The van der Waals surface area contributed by atoms with E-state index in [1.807, 2.05) is 0 Å². The lowest BCUT2D eigenvalue weighted by Crippen LogP contribution is -2.28. The average molecular weight is 170 g/mol. The summed E-state index contributed by atoms with van der Waals surface area (Å²) in [5.41, 5.74) is 0. The Morgan fingerprint density at radius 3 is 3.25 bits per heavy atom. The van der Waals surface area contributed by atoms with Crippen LogP contribution in [-0.4, -0.2) is 39.7 Å². The smallest absolute Gasteiger partial charge is 0.162 e. The summed E-state index contributed by atoms with van der Waals surface area (Å²) >= 11 is 0. The van der Waals surface area contributed by atoms with Gasteiger partial charge in [-0.2, -0.15) is 4.80 Å². The molecule has 1 aromatic rings. The molecule has 1 unspecified atom stereocenters. The Hall–Kier alpha value is -1.01. The monoisotopic (exact) mass is 170 g/mol. The van der Waals surface area contributed by atoms with Crippen molar-refractivity contribution >= 4 is 0 Å². The van der Waals surface area contributed by atoms with E-state index in [-0.39, 0.29) is 6.10 Å². The zero-order valence-corrected chi connectivity index (χ0v) is 6.59. The lowest BCUT2D eigenvalue weighted by atomic mass is 10.2. The van der Waals surface area contributed by atoms with E-state index in [2.05, 4.69) is 15.4 Å². The topological polar surface area (TPSA) is 62.1 Å². The van der Waals surface area contributed by atoms with E-state index in [4.69, 9.17) is 9.47 Å². The molecule has 1 aliphatic rings. The van der Waals surface area contributed by atoms with Crippen LogP contribution in [0.1, 0.15) is 6.42 Å². The van der Waals surface area contributed by atoms with Crippen molar-refractivity contribution in [3.63, 3.8) is 0 Å². The summed E-state index contributed by atoms with van der Waals surface area (Å²) in [7, 11) is 0. The predicted octanol–water partition coefficient (Wildman–Crippen LogP) is -0.564. The third kappa shape index (κ3) is 1.77. The first-order valence-corrected chi connectivity index (χ1v) is 3.85. The van der Waals surface area contributed by atoms with Crippen molar-refractivity contribution in [3.8, 4) is 0 Å². The Kier molecular flexibility index (Phi) is 2.28. The fourth-order valence-electron chi connectivity index (χ4n) is 1.10. The number of rotatable bonds is 2. The van der Waals surface area contributed by atoms with Crippen LogP contribution >= 0.6 is 0 Å². The summed E-state index contributed by atoms with van der Waals surface area (Å²) in [4.78, 5) is 1.52. The zero-order chi connectivity index (χ0) is 8.23. The molecule has 2 rings (SSSR count). The first-order valence-electron chi connectivity index (χ1n) is 3.85. The summed E-state index contributed by atoms with van der Waals surface area (Å²) in [6, 6.07) is 0. The highest BCUT2D eigenvalue weighted by Gasteiger charge is 2.15. The van der Waals surface area contributed by atoms with E-state index >= 15 is 0 Å². The van der Waals surface area contributed by atoms with Gasteiger partial charge in [0, 0.05) is 0 Å². The molecule has 2 heterocycles. The van der Waals surface area contributed by atoms with Crippen molar-refractivity contribution in [1.82, 2.24) is 20.2 Å². The summed E-state index contributed by atoms with van der Waals surface area (Å²) in [6.07, 6.45) is 2.47. The normalized spacial score (nSPS) is 24.2. The molecule has 0 amide bonds. The van der Waals surface area contributed by atoms with Crippen molar-refractivity contribution in [3.05, 3.63) is 6.33 Å².